The summed E-state index contributed by atoms with van der Waals surface area (Å²) in [6.45, 7) is 1.93. The van der Waals surface area contributed by atoms with E-state index >= 15 is 0 Å². The summed E-state index contributed by atoms with van der Waals surface area (Å²) >= 11 is 0. The molecule has 1 atom stereocenters. The fourth-order valence-corrected chi connectivity index (χ4v) is 3.07. The molecule has 0 unspecified atom stereocenters. The third-order valence-corrected chi connectivity index (χ3v) is 4.24. The summed E-state index contributed by atoms with van der Waals surface area (Å²) < 4.78 is 38.6. The zero-order chi connectivity index (χ0) is 18.2. The smallest absolute Gasteiger partial charge is 0.274 e. The number of carbonyl (C=O) groups excluding carboxylic acids is 2. The van der Waals surface area contributed by atoms with Crippen LogP contribution in [0.15, 0.2) is 48.5 Å². The predicted molar refractivity (Wildman–Crippen MR) is 86.9 cm³/mol. The van der Waals surface area contributed by atoms with Gasteiger partial charge in [-0.05, 0) is 37.1 Å². The van der Waals surface area contributed by atoms with E-state index < -0.39 is 29.5 Å². The average molecular weight is 347 g/mol. The number of carbonyl (C=O) groups is 2. The standard InChI is InChI=1S/C19H16F3NO2/c1-12-4-2-5-13(8-12)9-14-10-17(24)23(18(14)25)16-7-3-6-15(11-16)19(20,21)22/h2-8,11,14H,9-10H2,1H3/t14-/m0/s1. The number of hydrogen-bond donors (Lipinski definition) is 0. The Morgan fingerprint density at radius 3 is 2.48 bits per heavy atom. The summed E-state index contributed by atoms with van der Waals surface area (Å²) in [7, 11) is 0. The number of anilines is 1. The van der Waals surface area contributed by atoms with E-state index in [1.807, 2.05) is 31.2 Å². The lowest BCUT2D eigenvalue weighted by molar-refractivity contribution is -0.137. The number of hydrogen-bond acceptors (Lipinski definition) is 2. The summed E-state index contributed by atoms with van der Waals surface area (Å²) in [4.78, 5) is 25.7. The molecule has 0 saturated carbocycles. The molecule has 0 spiro atoms. The molecule has 0 bridgehead atoms. The van der Waals surface area contributed by atoms with Crippen molar-refractivity contribution in [2.75, 3.05) is 4.90 Å². The van der Waals surface area contributed by atoms with Crippen LogP contribution in [0.3, 0.4) is 0 Å². The zero-order valence-electron chi connectivity index (χ0n) is 13.5. The van der Waals surface area contributed by atoms with Crippen LogP contribution in [-0.2, 0) is 22.2 Å². The second kappa shape index (κ2) is 6.35. The molecule has 1 aliphatic rings. The third kappa shape index (κ3) is 3.57. The minimum Gasteiger partial charge on any atom is -0.274 e. The molecule has 3 nitrogen and oxygen atoms in total. The van der Waals surface area contributed by atoms with Gasteiger partial charge in [0.1, 0.15) is 0 Å². The van der Waals surface area contributed by atoms with Gasteiger partial charge < -0.3 is 0 Å². The van der Waals surface area contributed by atoms with Gasteiger partial charge in [0.15, 0.2) is 0 Å². The van der Waals surface area contributed by atoms with Gasteiger partial charge in [-0.2, -0.15) is 13.2 Å². The normalized spacial score (nSPS) is 18.1. The largest absolute Gasteiger partial charge is 0.416 e. The second-order valence-corrected chi connectivity index (χ2v) is 6.21. The first kappa shape index (κ1) is 17.2. The molecule has 1 fully saturated rings. The van der Waals surface area contributed by atoms with Crippen molar-refractivity contribution in [1.29, 1.82) is 0 Å². The molecule has 2 aromatic carbocycles. The van der Waals surface area contributed by atoms with Crippen LogP contribution in [0.25, 0.3) is 0 Å². The van der Waals surface area contributed by atoms with Crippen molar-refractivity contribution in [3.05, 3.63) is 65.2 Å². The van der Waals surface area contributed by atoms with E-state index in [9.17, 15) is 22.8 Å². The SMILES string of the molecule is Cc1cccc(C[C@H]2CC(=O)N(c3cccc(C(F)(F)F)c3)C2=O)c1. The molecule has 1 heterocycles. The monoisotopic (exact) mass is 347 g/mol. The molecule has 1 saturated heterocycles. The lowest BCUT2D eigenvalue weighted by Gasteiger charge is -2.17. The summed E-state index contributed by atoms with van der Waals surface area (Å²) in [5, 5.41) is 0. The minimum atomic E-state index is -4.53. The maximum Gasteiger partial charge on any atom is 0.416 e. The number of nitrogens with zero attached hydrogens (tertiary/aromatic N) is 1. The number of rotatable bonds is 3. The summed E-state index contributed by atoms with van der Waals surface area (Å²) in [6, 6.07) is 11.9. The molecular weight excluding hydrogens is 331 g/mol. The summed E-state index contributed by atoms with van der Waals surface area (Å²) in [6.07, 6.45) is -4.13. The Labute approximate surface area is 143 Å². The Balaban J connectivity index is 1.84. The molecule has 2 amide bonds. The van der Waals surface area contributed by atoms with E-state index in [-0.39, 0.29) is 12.1 Å². The quantitative estimate of drug-likeness (QED) is 0.783. The van der Waals surface area contributed by atoms with Gasteiger partial charge in [-0.3, -0.25) is 14.5 Å². The third-order valence-electron chi connectivity index (χ3n) is 4.24. The van der Waals surface area contributed by atoms with E-state index in [1.165, 1.54) is 12.1 Å². The molecule has 130 valence electrons. The van der Waals surface area contributed by atoms with Gasteiger partial charge in [-0.15, -0.1) is 0 Å². The van der Waals surface area contributed by atoms with E-state index in [0.717, 1.165) is 28.2 Å². The molecule has 1 aliphatic heterocycles. The number of amides is 2. The van der Waals surface area contributed by atoms with Crippen molar-refractivity contribution in [1.82, 2.24) is 0 Å². The highest BCUT2D eigenvalue weighted by molar-refractivity contribution is 6.21. The summed E-state index contributed by atoms with van der Waals surface area (Å²) in [5.74, 6) is -1.48. The van der Waals surface area contributed by atoms with Gasteiger partial charge in [0.2, 0.25) is 11.8 Å². The molecule has 0 aromatic heterocycles. The number of alkyl halides is 3. The van der Waals surface area contributed by atoms with Crippen molar-refractivity contribution in [3.8, 4) is 0 Å². The highest BCUT2D eigenvalue weighted by Crippen LogP contribution is 2.34. The Morgan fingerprint density at radius 1 is 1.08 bits per heavy atom. The molecule has 25 heavy (non-hydrogen) atoms. The Bertz CT molecular complexity index is 829. The highest BCUT2D eigenvalue weighted by Gasteiger charge is 2.40. The molecule has 0 N–H and O–H groups in total. The van der Waals surface area contributed by atoms with Crippen LogP contribution in [-0.4, -0.2) is 11.8 Å². The lowest BCUT2D eigenvalue weighted by Crippen LogP contribution is -2.31. The number of aryl methyl sites for hydroxylation is 1. The van der Waals surface area contributed by atoms with Crippen LogP contribution in [0.4, 0.5) is 18.9 Å². The van der Waals surface area contributed by atoms with Gasteiger partial charge >= 0.3 is 6.18 Å². The van der Waals surface area contributed by atoms with Gasteiger partial charge in [0, 0.05) is 6.42 Å². The van der Waals surface area contributed by atoms with Gasteiger partial charge in [-0.1, -0.05) is 35.9 Å². The second-order valence-electron chi connectivity index (χ2n) is 6.21. The number of benzene rings is 2. The van der Waals surface area contributed by atoms with Crippen molar-refractivity contribution in [3.63, 3.8) is 0 Å². The topological polar surface area (TPSA) is 37.4 Å². The Morgan fingerprint density at radius 2 is 1.80 bits per heavy atom. The first-order valence-electron chi connectivity index (χ1n) is 7.85. The molecule has 2 aromatic rings. The van der Waals surface area contributed by atoms with Gasteiger partial charge in [0.05, 0.1) is 17.2 Å². The van der Waals surface area contributed by atoms with Crippen molar-refractivity contribution in [2.45, 2.75) is 25.9 Å². The first-order chi connectivity index (χ1) is 11.8. The number of imide groups is 1. The fourth-order valence-electron chi connectivity index (χ4n) is 3.07. The van der Waals surface area contributed by atoms with Crippen molar-refractivity contribution in [2.24, 2.45) is 5.92 Å². The molecule has 0 aliphatic carbocycles. The van der Waals surface area contributed by atoms with Crippen LogP contribution in [0, 0.1) is 12.8 Å². The average Bonchev–Trinajstić information content (AvgIpc) is 2.81. The Hall–Kier alpha value is -2.63. The highest BCUT2D eigenvalue weighted by atomic mass is 19.4. The number of halogens is 3. The van der Waals surface area contributed by atoms with Crippen LogP contribution in [0.2, 0.25) is 0 Å². The maximum atomic E-state index is 12.9. The molecule has 3 rings (SSSR count). The van der Waals surface area contributed by atoms with Crippen LogP contribution in [0.1, 0.15) is 23.1 Å². The van der Waals surface area contributed by atoms with Gasteiger partial charge in [0.25, 0.3) is 0 Å². The first-order valence-corrected chi connectivity index (χ1v) is 7.85. The zero-order valence-corrected chi connectivity index (χ0v) is 13.5. The van der Waals surface area contributed by atoms with Crippen LogP contribution >= 0.6 is 0 Å². The van der Waals surface area contributed by atoms with Crippen LogP contribution < -0.4 is 4.90 Å². The van der Waals surface area contributed by atoms with Crippen molar-refractivity contribution < 1.29 is 22.8 Å². The maximum absolute atomic E-state index is 12.9. The van der Waals surface area contributed by atoms with E-state index in [4.69, 9.17) is 0 Å². The van der Waals surface area contributed by atoms with Gasteiger partial charge in [-0.25, -0.2) is 0 Å². The fraction of sp³-hybridized carbons (Fsp3) is 0.263. The minimum absolute atomic E-state index is 0.00300. The molecular formula is C19H16F3NO2. The van der Waals surface area contributed by atoms with Crippen LogP contribution in [0.5, 0.6) is 0 Å². The predicted octanol–water partition coefficient (Wildman–Crippen LogP) is 4.14. The lowest BCUT2D eigenvalue weighted by atomic mass is 9.97. The van der Waals surface area contributed by atoms with E-state index in [1.54, 1.807) is 0 Å². The molecule has 6 heteroatoms. The molecule has 0 radical (unpaired) electrons. The summed E-state index contributed by atoms with van der Waals surface area (Å²) in [5.41, 5.74) is 1.06. The van der Waals surface area contributed by atoms with E-state index in [2.05, 4.69) is 0 Å². The Kier molecular flexibility index (Phi) is 4.37. The van der Waals surface area contributed by atoms with E-state index in [0.29, 0.717) is 6.42 Å². The van der Waals surface area contributed by atoms with Crippen molar-refractivity contribution >= 4 is 17.5 Å².